The lowest BCUT2D eigenvalue weighted by Gasteiger charge is -2.03. The third-order valence-electron chi connectivity index (χ3n) is 2.81. The summed E-state index contributed by atoms with van der Waals surface area (Å²) >= 11 is 0. The van der Waals surface area contributed by atoms with Crippen LogP contribution in [0.1, 0.15) is 24.4 Å². The van der Waals surface area contributed by atoms with Crippen LogP contribution in [0, 0.1) is 6.92 Å². The number of nitrogens with one attached hydrogen (secondary N) is 2. The van der Waals surface area contributed by atoms with E-state index >= 15 is 0 Å². The lowest BCUT2D eigenvalue weighted by molar-refractivity contribution is 0.521. The number of aromatic nitrogens is 3. The van der Waals surface area contributed by atoms with Crippen LogP contribution in [0.15, 0.2) is 21.5 Å². The Morgan fingerprint density at radius 3 is 3.00 bits per heavy atom. The molecule has 2 N–H and O–H groups in total. The van der Waals surface area contributed by atoms with Crippen LogP contribution in [0.5, 0.6) is 0 Å². The Labute approximate surface area is 103 Å². The van der Waals surface area contributed by atoms with Crippen molar-refractivity contribution in [2.45, 2.75) is 32.4 Å². The van der Waals surface area contributed by atoms with Gasteiger partial charge in [0.15, 0.2) is 11.7 Å². The number of oxazole rings is 1. The molecule has 6 nitrogen and oxygen atoms in total. The number of aryl methyl sites for hydroxylation is 1. The number of hydrogen-bond acceptors (Lipinski definition) is 5. The highest BCUT2D eigenvalue weighted by Gasteiger charge is 2.20. The lowest BCUT2D eigenvalue weighted by atomic mass is 10.3. The van der Waals surface area contributed by atoms with Crippen LogP contribution < -0.4 is 10.9 Å². The second-order valence-electron chi connectivity index (χ2n) is 4.49. The predicted molar refractivity (Wildman–Crippen MR) is 65.0 cm³/mol. The summed E-state index contributed by atoms with van der Waals surface area (Å²) in [6.07, 6.45) is 3.91. The molecule has 2 aromatic rings. The molecule has 6 heteroatoms. The van der Waals surface area contributed by atoms with Crippen LogP contribution in [0.2, 0.25) is 0 Å². The Morgan fingerprint density at radius 2 is 2.33 bits per heavy atom. The Balaban J connectivity index is 1.87. The third-order valence-corrected chi connectivity index (χ3v) is 2.81. The Morgan fingerprint density at radius 1 is 1.50 bits per heavy atom. The fourth-order valence-corrected chi connectivity index (χ4v) is 1.73. The molecule has 0 amide bonds. The van der Waals surface area contributed by atoms with Crippen molar-refractivity contribution in [3.05, 3.63) is 34.3 Å². The summed E-state index contributed by atoms with van der Waals surface area (Å²) in [5.41, 5.74) is 1.10. The molecule has 3 rings (SSSR count). The lowest BCUT2D eigenvalue weighted by Crippen LogP contribution is -2.19. The van der Waals surface area contributed by atoms with Gasteiger partial charge in [-0.3, -0.25) is 4.79 Å². The van der Waals surface area contributed by atoms with Gasteiger partial charge in [-0.25, -0.2) is 9.97 Å². The molecule has 0 unspecified atom stereocenters. The average molecular weight is 246 g/mol. The Bertz CT molecular complexity index is 613. The molecule has 18 heavy (non-hydrogen) atoms. The molecular formula is C12H14N4O2. The summed E-state index contributed by atoms with van der Waals surface area (Å²) in [6.45, 7) is 2.36. The highest BCUT2D eigenvalue weighted by atomic mass is 16.3. The maximum absolute atomic E-state index is 11.6. The van der Waals surface area contributed by atoms with Gasteiger partial charge >= 0.3 is 0 Å². The minimum atomic E-state index is -0.173. The van der Waals surface area contributed by atoms with Crippen molar-refractivity contribution in [2.75, 3.05) is 0 Å². The topological polar surface area (TPSA) is 83.8 Å². The van der Waals surface area contributed by atoms with Gasteiger partial charge in [-0.1, -0.05) is 0 Å². The number of nitrogens with zero attached hydrogens (tertiary/aromatic N) is 2. The van der Waals surface area contributed by atoms with Gasteiger partial charge in [0, 0.05) is 25.6 Å². The fraction of sp³-hybridized carbons (Fsp3) is 0.417. The molecule has 2 aromatic heterocycles. The zero-order valence-corrected chi connectivity index (χ0v) is 10.1. The third kappa shape index (κ3) is 2.48. The van der Waals surface area contributed by atoms with Crippen molar-refractivity contribution in [1.29, 1.82) is 0 Å². The van der Waals surface area contributed by atoms with Crippen molar-refractivity contribution in [3.63, 3.8) is 0 Å². The fourth-order valence-electron chi connectivity index (χ4n) is 1.73. The molecule has 0 saturated heterocycles. The van der Waals surface area contributed by atoms with Crippen LogP contribution in [-0.4, -0.2) is 21.0 Å². The monoisotopic (exact) mass is 246 g/mol. The van der Waals surface area contributed by atoms with Crippen LogP contribution in [0.4, 0.5) is 0 Å². The standard InChI is InChI=1S/C12H14N4O2/c1-7-14-10(6-18-7)12-15-9(4-11(17)16-12)5-13-8-2-3-8/h4,6,8,13H,2-3,5H2,1H3,(H,15,16,17). The molecule has 94 valence electrons. The summed E-state index contributed by atoms with van der Waals surface area (Å²) in [5, 5.41) is 3.32. The first-order chi connectivity index (χ1) is 8.70. The van der Waals surface area contributed by atoms with Crippen LogP contribution >= 0.6 is 0 Å². The van der Waals surface area contributed by atoms with E-state index in [1.807, 2.05) is 0 Å². The van der Waals surface area contributed by atoms with Crippen LogP contribution in [0.25, 0.3) is 11.5 Å². The highest BCUT2D eigenvalue weighted by Crippen LogP contribution is 2.19. The molecule has 2 heterocycles. The van der Waals surface area contributed by atoms with Gasteiger partial charge in [-0.15, -0.1) is 0 Å². The number of aromatic amines is 1. The maximum Gasteiger partial charge on any atom is 0.251 e. The van der Waals surface area contributed by atoms with Gasteiger partial charge in [-0.2, -0.15) is 0 Å². The Kier molecular flexibility index (Phi) is 2.71. The number of hydrogen-bond donors (Lipinski definition) is 2. The number of rotatable bonds is 4. The minimum Gasteiger partial charge on any atom is -0.449 e. The second-order valence-corrected chi connectivity index (χ2v) is 4.49. The molecule has 0 radical (unpaired) electrons. The van der Waals surface area contributed by atoms with E-state index in [0.29, 0.717) is 30.0 Å². The molecular weight excluding hydrogens is 232 g/mol. The van der Waals surface area contributed by atoms with Gasteiger partial charge in [0.05, 0.1) is 5.69 Å². The molecule has 0 spiro atoms. The van der Waals surface area contributed by atoms with E-state index in [9.17, 15) is 4.79 Å². The Hall–Kier alpha value is -1.95. The normalized spacial score (nSPS) is 14.9. The van der Waals surface area contributed by atoms with Crippen molar-refractivity contribution in [1.82, 2.24) is 20.3 Å². The average Bonchev–Trinajstić information content (AvgIpc) is 3.07. The van der Waals surface area contributed by atoms with E-state index in [4.69, 9.17) is 4.42 Å². The second kappa shape index (κ2) is 4.38. The quantitative estimate of drug-likeness (QED) is 0.840. The highest BCUT2D eigenvalue weighted by molar-refractivity contribution is 5.46. The molecule has 0 bridgehead atoms. The SMILES string of the molecule is Cc1nc(-c2nc(CNC3CC3)cc(=O)[nH]2)co1. The summed E-state index contributed by atoms with van der Waals surface area (Å²) in [4.78, 5) is 22.8. The molecule has 1 saturated carbocycles. The zero-order valence-electron chi connectivity index (χ0n) is 10.1. The van der Waals surface area contributed by atoms with Gasteiger partial charge in [-0.05, 0) is 12.8 Å². The maximum atomic E-state index is 11.6. The van der Waals surface area contributed by atoms with Crippen molar-refractivity contribution in [3.8, 4) is 11.5 Å². The van der Waals surface area contributed by atoms with Crippen LogP contribution in [0.3, 0.4) is 0 Å². The minimum absolute atomic E-state index is 0.173. The predicted octanol–water partition coefficient (Wildman–Crippen LogP) is 0.985. The first-order valence-corrected chi connectivity index (χ1v) is 5.97. The van der Waals surface area contributed by atoms with Crippen molar-refractivity contribution >= 4 is 0 Å². The van der Waals surface area contributed by atoms with E-state index in [1.165, 1.54) is 25.2 Å². The smallest absolute Gasteiger partial charge is 0.251 e. The summed E-state index contributed by atoms with van der Waals surface area (Å²) < 4.78 is 5.12. The zero-order chi connectivity index (χ0) is 12.5. The number of H-pyrrole nitrogens is 1. The van der Waals surface area contributed by atoms with E-state index in [-0.39, 0.29) is 5.56 Å². The molecule has 0 aliphatic heterocycles. The van der Waals surface area contributed by atoms with E-state index in [2.05, 4.69) is 20.3 Å². The van der Waals surface area contributed by atoms with Crippen molar-refractivity contribution in [2.24, 2.45) is 0 Å². The van der Waals surface area contributed by atoms with Gasteiger partial charge in [0.1, 0.15) is 12.0 Å². The summed E-state index contributed by atoms with van der Waals surface area (Å²) in [7, 11) is 0. The molecule has 1 aliphatic carbocycles. The molecule has 1 aliphatic rings. The first-order valence-electron chi connectivity index (χ1n) is 5.97. The van der Waals surface area contributed by atoms with Crippen molar-refractivity contribution < 1.29 is 4.42 Å². The molecule has 0 atom stereocenters. The molecule has 1 fully saturated rings. The summed E-state index contributed by atoms with van der Waals surface area (Å²) in [6, 6.07) is 2.09. The molecule has 0 aromatic carbocycles. The summed E-state index contributed by atoms with van der Waals surface area (Å²) in [5.74, 6) is 1.00. The van der Waals surface area contributed by atoms with Gasteiger partial charge < -0.3 is 14.7 Å². The first kappa shape index (κ1) is 11.2. The van der Waals surface area contributed by atoms with Gasteiger partial charge in [0.25, 0.3) is 5.56 Å². The van der Waals surface area contributed by atoms with Gasteiger partial charge in [0.2, 0.25) is 0 Å². The van der Waals surface area contributed by atoms with Crippen LogP contribution in [-0.2, 0) is 6.54 Å². The van der Waals surface area contributed by atoms with E-state index < -0.39 is 0 Å². The van der Waals surface area contributed by atoms with E-state index in [1.54, 1.807) is 6.92 Å². The largest absolute Gasteiger partial charge is 0.449 e. The van der Waals surface area contributed by atoms with E-state index in [0.717, 1.165) is 5.69 Å².